The van der Waals surface area contributed by atoms with Crippen LogP contribution < -0.4 is 21.0 Å². The number of nitrogens with two attached hydrogens (primary N) is 1. The number of ether oxygens (including phenoxy) is 1. The van der Waals surface area contributed by atoms with E-state index in [1.165, 1.54) is 0 Å². The van der Waals surface area contributed by atoms with Crippen molar-refractivity contribution in [1.82, 2.24) is 35.0 Å². The van der Waals surface area contributed by atoms with Crippen molar-refractivity contribution in [2.24, 2.45) is 0 Å². The van der Waals surface area contributed by atoms with Crippen LogP contribution in [-0.2, 0) is 11.3 Å². The summed E-state index contributed by atoms with van der Waals surface area (Å²) in [7, 11) is 0. The first-order chi connectivity index (χ1) is 16.2. The van der Waals surface area contributed by atoms with Crippen molar-refractivity contribution < 1.29 is 9.94 Å². The average Bonchev–Trinajstić information content (AvgIpc) is 3.21. The lowest BCUT2D eigenvalue weighted by molar-refractivity contribution is 0.122. The molecule has 0 aliphatic carbocycles. The maximum atomic E-state index is 8.94. The van der Waals surface area contributed by atoms with Gasteiger partial charge in [-0.15, -0.1) is 0 Å². The fraction of sp³-hybridized carbons (Fsp3) is 0.571. The average molecular weight is 457 g/mol. The van der Waals surface area contributed by atoms with Crippen LogP contribution in [0.2, 0.25) is 0 Å². The van der Waals surface area contributed by atoms with Gasteiger partial charge in [0.25, 0.3) is 0 Å². The highest BCUT2D eigenvalue weighted by Crippen LogP contribution is 2.31. The molecule has 12 nitrogen and oxygen atoms in total. The second-order valence-corrected chi connectivity index (χ2v) is 7.82. The summed E-state index contributed by atoms with van der Waals surface area (Å²) >= 11 is 0. The van der Waals surface area contributed by atoms with E-state index in [0.717, 1.165) is 62.7 Å². The smallest absolute Gasteiger partial charge is 0.228 e. The Balaban J connectivity index is 1.88. The third kappa shape index (κ3) is 4.97. The summed E-state index contributed by atoms with van der Waals surface area (Å²) in [5.41, 5.74) is 10.9. The molecule has 0 bridgehead atoms. The van der Waals surface area contributed by atoms with Crippen LogP contribution in [0.25, 0.3) is 22.4 Å². The Morgan fingerprint density at radius 1 is 1.09 bits per heavy atom. The second kappa shape index (κ2) is 10.7. The lowest BCUT2D eigenvalue weighted by atomic mass is 10.2. The number of fused-ring (bicyclic) bond motifs is 1. The molecular formula is C21H32N10O2. The fourth-order valence-electron chi connectivity index (χ4n) is 3.97. The van der Waals surface area contributed by atoms with E-state index in [2.05, 4.69) is 43.7 Å². The largest absolute Gasteiger partial charge is 0.378 e. The van der Waals surface area contributed by atoms with Gasteiger partial charge in [0.15, 0.2) is 5.65 Å². The lowest BCUT2D eigenvalue weighted by Gasteiger charge is -2.27. The van der Waals surface area contributed by atoms with Crippen LogP contribution in [0.3, 0.4) is 0 Å². The van der Waals surface area contributed by atoms with E-state index in [-0.39, 0.29) is 5.95 Å². The Morgan fingerprint density at radius 2 is 1.82 bits per heavy atom. The van der Waals surface area contributed by atoms with Crippen molar-refractivity contribution >= 4 is 29.0 Å². The Kier molecular flexibility index (Phi) is 7.47. The van der Waals surface area contributed by atoms with Gasteiger partial charge < -0.3 is 25.5 Å². The van der Waals surface area contributed by atoms with Gasteiger partial charge in [0.05, 0.1) is 13.2 Å². The summed E-state index contributed by atoms with van der Waals surface area (Å²) in [6.45, 7) is 9.86. The minimum absolute atomic E-state index is 0.212. The summed E-state index contributed by atoms with van der Waals surface area (Å²) < 4.78 is 7.68. The molecule has 3 aromatic rings. The molecule has 178 valence electrons. The van der Waals surface area contributed by atoms with Gasteiger partial charge in [0.1, 0.15) is 11.2 Å². The van der Waals surface area contributed by atoms with Crippen LogP contribution in [0.15, 0.2) is 12.4 Å². The van der Waals surface area contributed by atoms with Crippen LogP contribution >= 0.6 is 0 Å². The molecule has 4 heterocycles. The zero-order valence-corrected chi connectivity index (χ0v) is 19.2. The molecule has 1 saturated heterocycles. The van der Waals surface area contributed by atoms with E-state index < -0.39 is 0 Å². The van der Waals surface area contributed by atoms with Gasteiger partial charge in [-0.2, -0.15) is 4.98 Å². The SMILES string of the molecule is CCN(CC)c1nc2c(-c3cnc(N)nc3)nc(N3CCOCC3)nc2n1CCCCNO. The highest BCUT2D eigenvalue weighted by molar-refractivity contribution is 5.90. The third-order valence-corrected chi connectivity index (χ3v) is 5.77. The predicted molar refractivity (Wildman–Crippen MR) is 126 cm³/mol. The number of hydrogen-bond donors (Lipinski definition) is 3. The number of imidazole rings is 1. The van der Waals surface area contributed by atoms with E-state index in [9.17, 15) is 0 Å². The number of aryl methyl sites for hydroxylation is 1. The highest BCUT2D eigenvalue weighted by Gasteiger charge is 2.24. The Bertz CT molecular complexity index is 1050. The van der Waals surface area contributed by atoms with Crippen LogP contribution in [-0.4, -0.2) is 80.6 Å². The van der Waals surface area contributed by atoms with E-state index in [4.69, 9.17) is 30.6 Å². The van der Waals surface area contributed by atoms with Crippen molar-refractivity contribution in [3.05, 3.63) is 12.4 Å². The maximum absolute atomic E-state index is 8.94. The quantitative estimate of drug-likeness (QED) is 0.300. The van der Waals surface area contributed by atoms with E-state index in [0.29, 0.717) is 36.9 Å². The van der Waals surface area contributed by atoms with Crippen molar-refractivity contribution in [1.29, 1.82) is 0 Å². The van der Waals surface area contributed by atoms with E-state index >= 15 is 0 Å². The van der Waals surface area contributed by atoms with Crippen molar-refractivity contribution in [3.8, 4) is 11.3 Å². The second-order valence-electron chi connectivity index (χ2n) is 7.82. The molecule has 0 radical (unpaired) electrons. The van der Waals surface area contributed by atoms with E-state index in [1.807, 2.05) is 0 Å². The van der Waals surface area contributed by atoms with Crippen LogP contribution in [0.4, 0.5) is 17.8 Å². The molecular weight excluding hydrogens is 424 g/mol. The fourth-order valence-corrected chi connectivity index (χ4v) is 3.97. The first-order valence-corrected chi connectivity index (χ1v) is 11.5. The number of nitrogens with one attached hydrogen (secondary N) is 1. The molecule has 0 amide bonds. The van der Waals surface area contributed by atoms with Crippen molar-refractivity contribution in [3.63, 3.8) is 0 Å². The summed E-state index contributed by atoms with van der Waals surface area (Å²) in [5.74, 6) is 1.71. The van der Waals surface area contributed by atoms with Gasteiger partial charge in [0, 0.05) is 57.2 Å². The predicted octanol–water partition coefficient (Wildman–Crippen LogP) is 1.31. The number of unbranched alkanes of at least 4 members (excludes halogenated alkanes) is 1. The summed E-state index contributed by atoms with van der Waals surface area (Å²) in [6, 6.07) is 0. The normalized spacial score (nSPS) is 14.2. The van der Waals surface area contributed by atoms with Crippen LogP contribution in [0, 0.1) is 0 Å². The highest BCUT2D eigenvalue weighted by atomic mass is 16.5. The third-order valence-electron chi connectivity index (χ3n) is 5.77. The molecule has 4 rings (SSSR count). The number of anilines is 3. The lowest BCUT2D eigenvalue weighted by Crippen LogP contribution is -2.37. The summed E-state index contributed by atoms with van der Waals surface area (Å²) in [5, 5.41) is 8.94. The molecule has 0 saturated carbocycles. The minimum atomic E-state index is 0.212. The zero-order chi connectivity index (χ0) is 23.2. The van der Waals surface area contributed by atoms with Crippen LogP contribution in [0.5, 0.6) is 0 Å². The molecule has 0 spiro atoms. The number of nitrogens with zero attached hydrogens (tertiary/aromatic N) is 8. The topological polar surface area (TPSA) is 143 Å². The molecule has 3 aromatic heterocycles. The molecule has 0 unspecified atom stereocenters. The first kappa shape index (κ1) is 23.1. The zero-order valence-electron chi connectivity index (χ0n) is 19.2. The van der Waals surface area contributed by atoms with Gasteiger partial charge in [-0.1, -0.05) is 0 Å². The Hall–Kier alpha value is -3.09. The molecule has 4 N–H and O–H groups in total. The van der Waals surface area contributed by atoms with Gasteiger partial charge in [0.2, 0.25) is 17.8 Å². The van der Waals surface area contributed by atoms with Gasteiger partial charge in [-0.3, -0.25) is 4.57 Å². The molecule has 1 fully saturated rings. The van der Waals surface area contributed by atoms with E-state index in [1.54, 1.807) is 12.4 Å². The monoisotopic (exact) mass is 456 g/mol. The molecule has 12 heteroatoms. The van der Waals surface area contributed by atoms with Gasteiger partial charge in [-0.25, -0.2) is 25.4 Å². The number of hydroxylamine groups is 1. The molecule has 0 atom stereocenters. The number of hydrogen-bond acceptors (Lipinski definition) is 11. The van der Waals surface area contributed by atoms with Gasteiger partial charge >= 0.3 is 0 Å². The summed E-state index contributed by atoms with van der Waals surface area (Å²) in [4.78, 5) is 27.6. The molecule has 1 aliphatic rings. The number of aromatic nitrogens is 6. The van der Waals surface area contributed by atoms with Crippen molar-refractivity contribution in [2.45, 2.75) is 33.2 Å². The standard InChI is InChI=1S/C21H32N10O2/c1-3-29(4-2)21-27-17-16(15-13-23-19(22)24-14-15)26-20(30-9-11-33-12-10-30)28-18(17)31(21)8-6-5-7-25-32/h13-14,25,32H,3-12H2,1-2H3,(H2,22,23,24). The van der Waals surface area contributed by atoms with Crippen molar-refractivity contribution in [2.75, 3.05) is 61.5 Å². The molecule has 1 aliphatic heterocycles. The summed E-state index contributed by atoms with van der Waals surface area (Å²) in [6.07, 6.45) is 5.05. The maximum Gasteiger partial charge on any atom is 0.228 e. The Labute approximate surface area is 192 Å². The minimum Gasteiger partial charge on any atom is -0.378 e. The number of morpholine rings is 1. The number of rotatable bonds is 10. The Morgan fingerprint density at radius 3 is 2.48 bits per heavy atom. The first-order valence-electron chi connectivity index (χ1n) is 11.5. The van der Waals surface area contributed by atoms with Crippen LogP contribution in [0.1, 0.15) is 26.7 Å². The molecule has 33 heavy (non-hydrogen) atoms. The molecule has 0 aromatic carbocycles. The number of nitrogen functional groups attached to an aromatic ring is 1. The van der Waals surface area contributed by atoms with Gasteiger partial charge in [-0.05, 0) is 26.7 Å².